The Labute approximate surface area is 134 Å². The summed E-state index contributed by atoms with van der Waals surface area (Å²) >= 11 is 0.218. The Bertz CT molecular complexity index is 811. The monoisotopic (exact) mass is 360 g/mol. The Morgan fingerprint density at radius 1 is 1.09 bits per heavy atom. The normalized spacial score (nSPS) is 11.4. The Kier molecular flexibility index (Phi) is 5.16. The second-order valence-electron chi connectivity index (χ2n) is 4.23. The Balaban J connectivity index is 2.30. The molecule has 2 aromatic rings. The highest BCUT2D eigenvalue weighted by atomic mass is 32.2. The van der Waals surface area contributed by atoms with Gasteiger partial charge in [0.25, 0.3) is 21.5 Å². The number of hydrogen-bond donors (Lipinski definition) is 1. The minimum atomic E-state index is -4.04. The first-order valence-corrected chi connectivity index (χ1v) is 8.47. The SMILES string of the molecule is O=[N+]([O-])c1ccc(S(=O)(=O)Nc2ccccc2SC(F)F)cc1. The topological polar surface area (TPSA) is 89.3 Å². The summed E-state index contributed by atoms with van der Waals surface area (Å²) in [7, 11) is -4.04. The quantitative estimate of drug-likeness (QED) is 0.482. The van der Waals surface area contributed by atoms with Gasteiger partial charge in [0.2, 0.25) is 0 Å². The van der Waals surface area contributed by atoms with E-state index in [4.69, 9.17) is 0 Å². The molecule has 0 atom stereocenters. The predicted molar refractivity (Wildman–Crippen MR) is 82.2 cm³/mol. The Morgan fingerprint density at radius 3 is 2.26 bits per heavy atom. The molecule has 0 saturated carbocycles. The molecule has 0 aliphatic heterocycles. The van der Waals surface area contributed by atoms with Crippen molar-refractivity contribution in [2.75, 3.05) is 4.72 Å². The summed E-state index contributed by atoms with van der Waals surface area (Å²) in [5, 5.41) is 10.6. The summed E-state index contributed by atoms with van der Waals surface area (Å²) in [5.41, 5.74) is -0.242. The van der Waals surface area contributed by atoms with E-state index in [2.05, 4.69) is 4.72 Å². The zero-order valence-corrected chi connectivity index (χ0v) is 13.0. The number of non-ortho nitro benzene ring substituents is 1. The maximum atomic E-state index is 12.5. The van der Waals surface area contributed by atoms with Crippen LogP contribution in [0.3, 0.4) is 0 Å². The number of nitrogens with one attached hydrogen (secondary N) is 1. The van der Waals surface area contributed by atoms with Gasteiger partial charge in [0.1, 0.15) is 0 Å². The van der Waals surface area contributed by atoms with Crippen LogP contribution in [0.15, 0.2) is 58.3 Å². The third kappa shape index (κ3) is 4.39. The minimum absolute atomic E-state index is 0.0103. The predicted octanol–water partition coefficient (Wildman–Crippen LogP) is 3.71. The average Bonchev–Trinajstić information content (AvgIpc) is 2.48. The van der Waals surface area contributed by atoms with Crippen molar-refractivity contribution >= 4 is 33.2 Å². The summed E-state index contributed by atoms with van der Waals surface area (Å²) in [6.07, 6.45) is 0. The molecule has 0 amide bonds. The van der Waals surface area contributed by atoms with Crippen LogP contribution in [0.25, 0.3) is 0 Å². The number of rotatable bonds is 6. The van der Waals surface area contributed by atoms with Crippen molar-refractivity contribution in [3.63, 3.8) is 0 Å². The van der Waals surface area contributed by atoms with Crippen molar-refractivity contribution in [1.29, 1.82) is 0 Å². The molecule has 1 N–H and O–H groups in total. The van der Waals surface area contributed by atoms with E-state index in [1.807, 2.05) is 0 Å². The van der Waals surface area contributed by atoms with Crippen LogP contribution < -0.4 is 4.72 Å². The molecule has 10 heteroatoms. The summed E-state index contributed by atoms with van der Waals surface area (Å²) in [6, 6.07) is 9.98. The van der Waals surface area contributed by atoms with E-state index in [-0.39, 0.29) is 32.9 Å². The van der Waals surface area contributed by atoms with Crippen molar-refractivity contribution in [1.82, 2.24) is 0 Å². The lowest BCUT2D eigenvalue weighted by atomic mass is 10.3. The molecule has 0 aromatic heterocycles. The van der Waals surface area contributed by atoms with E-state index >= 15 is 0 Å². The van der Waals surface area contributed by atoms with Crippen LogP contribution in [0.1, 0.15) is 0 Å². The number of nitro groups is 1. The van der Waals surface area contributed by atoms with Crippen LogP contribution in [-0.2, 0) is 10.0 Å². The molecule has 0 unspecified atom stereocenters. The van der Waals surface area contributed by atoms with Gasteiger partial charge in [-0.25, -0.2) is 8.42 Å². The van der Waals surface area contributed by atoms with Crippen LogP contribution in [0.5, 0.6) is 0 Å². The number of benzene rings is 2. The lowest BCUT2D eigenvalue weighted by molar-refractivity contribution is -0.384. The molecule has 0 heterocycles. The van der Waals surface area contributed by atoms with Gasteiger partial charge < -0.3 is 0 Å². The van der Waals surface area contributed by atoms with Gasteiger partial charge in [0.15, 0.2) is 0 Å². The summed E-state index contributed by atoms with van der Waals surface area (Å²) < 4.78 is 51.7. The first-order chi connectivity index (χ1) is 10.8. The molecule has 0 saturated heterocycles. The number of alkyl halides is 2. The molecule has 0 spiro atoms. The van der Waals surface area contributed by atoms with E-state index in [1.165, 1.54) is 24.3 Å². The highest BCUT2D eigenvalue weighted by Gasteiger charge is 2.18. The van der Waals surface area contributed by atoms with Crippen LogP contribution in [0.4, 0.5) is 20.2 Å². The number of para-hydroxylation sites is 1. The molecular formula is C13H10F2N2O4S2. The standard InChI is InChI=1S/C13H10F2N2O4S2/c14-13(15)22-12-4-2-1-3-11(12)16-23(20,21)10-7-5-9(6-8-10)17(18)19/h1-8,13,16H. The van der Waals surface area contributed by atoms with Gasteiger partial charge in [-0.05, 0) is 24.3 Å². The number of anilines is 1. The number of thioether (sulfide) groups is 1. The molecule has 0 bridgehead atoms. The number of sulfonamides is 1. The van der Waals surface area contributed by atoms with Gasteiger partial charge in [-0.1, -0.05) is 23.9 Å². The van der Waals surface area contributed by atoms with Crippen LogP contribution >= 0.6 is 11.8 Å². The Morgan fingerprint density at radius 2 is 1.70 bits per heavy atom. The van der Waals surface area contributed by atoms with E-state index in [0.29, 0.717) is 0 Å². The van der Waals surface area contributed by atoms with Gasteiger partial charge in [-0.15, -0.1) is 0 Å². The summed E-state index contributed by atoms with van der Waals surface area (Å²) in [4.78, 5) is 9.78. The van der Waals surface area contributed by atoms with E-state index in [1.54, 1.807) is 0 Å². The molecule has 0 radical (unpaired) electrons. The third-order valence-electron chi connectivity index (χ3n) is 2.71. The Hall–Kier alpha value is -2.20. The van der Waals surface area contributed by atoms with Crippen molar-refractivity contribution in [2.45, 2.75) is 15.5 Å². The largest absolute Gasteiger partial charge is 0.288 e. The third-order valence-corrected chi connectivity index (χ3v) is 4.87. The zero-order chi connectivity index (χ0) is 17.0. The lowest BCUT2D eigenvalue weighted by Gasteiger charge is -2.12. The summed E-state index contributed by atoms with van der Waals surface area (Å²) in [6.45, 7) is 0. The van der Waals surface area contributed by atoms with E-state index in [9.17, 15) is 27.3 Å². The second kappa shape index (κ2) is 6.92. The fraction of sp³-hybridized carbons (Fsp3) is 0.0769. The first kappa shape index (κ1) is 17.2. The molecule has 2 rings (SSSR count). The molecule has 0 aliphatic carbocycles. The highest BCUT2D eigenvalue weighted by molar-refractivity contribution is 7.99. The van der Waals surface area contributed by atoms with E-state index < -0.39 is 20.7 Å². The van der Waals surface area contributed by atoms with Gasteiger partial charge in [0.05, 0.1) is 15.5 Å². The van der Waals surface area contributed by atoms with Gasteiger partial charge in [-0.2, -0.15) is 8.78 Å². The van der Waals surface area contributed by atoms with Gasteiger partial charge in [-0.3, -0.25) is 14.8 Å². The number of nitrogens with zero attached hydrogens (tertiary/aromatic N) is 1. The first-order valence-electron chi connectivity index (χ1n) is 6.11. The average molecular weight is 360 g/mol. The fourth-order valence-electron chi connectivity index (χ4n) is 1.70. The number of hydrogen-bond acceptors (Lipinski definition) is 5. The van der Waals surface area contributed by atoms with Crippen LogP contribution in [0.2, 0.25) is 0 Å². The van der Waals surface area contributed by atoms with Crippen molar-refractivity contribution in [3.8, 4) is 0 Å². The van der Waals surface area contributed by atoms with Gasteiger partial charge in [0, 0.05) is 17.0 Å². The van der Waals surface area contributed by atoms with E-state index in [0.717, 1.165) is 24.3 Å². The maximum Gasteiger partial charge on any atom is 0.288 e. The fourth-order valence-corrected chi connectivity index (χ4v) is 3.44. The van der Waals surface area contributed by atoms with Crippen LogP contribution in [0, 0.1) is 10.1 Å². The van der Waals surface area contributed by atoms with Crippen molar-refractivity contribution in [3.05, 3.63) is 58.6 Å². The summed E-state index contributed by atoms with van der Waals surface area (Å²) in [5.74, 6) is -2.69. The van der Waals surface area contributed by atoms with Crippen molar-refractivity contribution in [2.24, 2.45) is 0 Å². The molecule has 23 heavy (non-hydrogen) atoms. The number of nitro benzene ring substituents is 1. The second-order valence-corrected chi connectivity index (χ2v) is 6.95. The smallest absolute Gasteiger partial charge is 0.278 e. The van der Waals surface area contributed by atoms with Gasteiger partial charge >= 0.3 is 0 Å². The highest BCUT2D eigenvalue weighted by Crippen LogP contribution is 2.32. The lowest BCUT2D eigenvalue weighted by Crippen LogP contribution is -2.13. The minimum Gasteiger partial charge on any atom is -0.278 e. The molecule has 0 aliphatic rings. The zero-order valence-electron chi connectivity index (χ0n) is 11.3. The molecule has 6 nitrogen and oxygen atoms in total. The van der Waals surface area contributed by atoms with Crippen LogP contribution in [-0.4, -0.2) is 19.1 Å². The molecule has 0 fully saturated rings. The molecular weight excluding hydrogens is 350 g/mol. The maximum absolute atomic E-state index is 12.5. The van der Waals surface area contributed by atoms with Crippen molar-refractivity contribution < 1.29 is 22.1 Å². The molecule has 2 aromatic carbocycles. The molecule has 122 valence electrons. The number of halogens is 2.